The number of rotatable bonds is 6. The number of pyridine rings is 1. The smallest absolute Gasteiger partial charge is 0.129 e. The van der Waals surface area contributed by atoms with Crippen LogP contribution in [0, 0.1) is 0 Å². The molecule has 1 unspecified atom stereocenters. The molecule has 2 aromatic rings. The van der Waals surface area contributed by atoms with E-state index in [-0.39, 0.29) is 6.04 Å². The monoisotopic (exact) mass is 290 g/mol. The molecule has 0 aliphatic heterocycles. The first-order valence-electron chi connectivity index (χ1n) is 6.80. The number of nitrogens with one attached hydrogen (secondary N) is 1. The van der Waals surface area contributed by atoms with Crippen LogP contribution in [0.4, 0.5) is 5.69 Å². The third kappa shape index (κ3) is 4.14. The van der Waals surface area contributed by atoms with Crippen LogP contribution in [0.25, 0.3) is 0 Å². The summed E-state index contributed by atoms with van der Waals surface area (Å²) in [6, 6.07) is 12.0. The van der Waals surface area contributed by atoms with Crippen LogP contribution in [-0.4, -0.2) is 11.6 Å². The quantitative estimate of drug-likeness (QED) is 0.783. The maximum atomic E-state index is 5.77. The van der Waals surface area contributed by atoms with Crippen molar-refractivity contribution >= 4 is 17.3 Å². The third-order valence-electron chi connectivity index (χ3n) is 2.96. The van der Waals surface area contributed by atoms with Crippen molar-refractivity contribution in [2.75, 3.05) is 11.9 Å². The summed E-state index contributed by atoms with van der Waals surface area (Å²) in [6.45, 7) is 4.96. The Morgan fingerprint density at radius 3 is 2.55 bits per heavy atom. The summed E-state index contributed by atoms with van der Waals surface area (Å²) < 4.78 is 5.58. The van der Waals surface area contributed by atoms with Gasteiger partial charge in [0.25, 0.3) is 0 Å². The topological polar surface area (TPSA) is 34.1 Å². The summed E-state index contributed by atoms with van der Waals surface area (Å²) in [6.07, 6.45) is 2.75. The van der Waals surface area contributed by atoms with E-state index in [0.717, 1.165) is 24.5 Å². The van der Waals surface area contributed by atoms with Crippen molar-refractivity contribution < 1.29 is 4.74 Å². The number of ether oxygens (including phenoxy) is 1. The average molecular weight is 291 g/mol. The molecule has 106 valence electrons. The second-order valence-electron chi connectivity index (χ2n) is 4.65. The third-order valence-corrected chi connectivity index (χ3v) is 3.19. The van der Waals surface area contributed by atoms with E-state index in [9.17, 15) is 0 Å². The van der Waals surface area contributed by atoms with Crippen molar-refractivity contribution in [2.24, 2.45) is 0 Å². The molecule has 0 aliphatic rings. The summed E-state index contributed by atoms with van der Waals surface area (Å²) >= 11 is 5.77. The average Bonchev–Trinajstić information content (AvgIpc) is 2.48. The number of nitrogens with zero attached hydrogens (tertiary/aromatic N) is 1. The molecule has 0 radical (unpaired) electrons. The second kappa shape index (κ2) is 7.15. The van der Waals surface area contributed by atoms with Crippen LogP contribution in [0.3, 0.4) is 0 Å². The first-order valence-corrected chi connectivity index (χ1v) is 7.17. The standard InChI is InChI=1S/C16H19ClN2O/c1-3-10-20-15-7-4-13(5-8-15)12(2)19-14-6-9-16(17)18-11-14/h4-9,11-12,19H,3,10H2,1-2H3. The van der Waals surface area contributed by atoms with E-state index in [4.69, 9.17) is 16.3 Å². The van der Waals surface area contributed by atoms with Gasteiger partial charge in [0.2, 0.25) is 0 Å². The van der Waals surface area contributed by atoms with Crippen LogP contribution >= 0.6 is 11.6 Å². The van der Waals surface area contributed by atoms with Crippen molar-refractivity contribution in [2.45, 2.75) is 26.3 Å². The van der Waals surface area contributed by atoms with Crippen LogP contribution in [0.15, 0.2) is 42.6 Å². The molecule has 20 heavy (non-hydrogen) atoms. The molecular weight excluding hydrogens is 272 g/mol. The van der Waals surface area contributed by atoms with Gasteiger partial charge in [-0.25, -0.2) is 4.98 Å². The molecule has 1 heterocycles. The van der Waals surface area contributed by atoms with Crippen LogP contribution in [-0.2, 0) is 0 Å². The van der Waals surface area contributed by atoms with Crippen molar-refractivity contribution in [3.05, 3.63) is 53.3 Å². The van der Waals surface area contributed by atoms with Crippen molar-refractivity contribution in [1.29, 1.82) is 0 Å². The molecule has 0 amide bonds. The number of aromatic nitrogens is 1. The summed E-state index contributed by atoms with van der Waals surface area (Å²) in [5, 5.41) is 3.89. The number of hydrogen-bond donors (Lipinski definition) is 1. The predicted molar refractivity (Wildman–Crippen MR) is 83.5 cm³/mol. The molecule has 0 saturated heterocycles. The largest absolute Gasteiger partial charge is 0.494 e. The van der Waals surface area contributed by atoms with Gasteiger partial charge in [0.05, 0.1) is 18.5 Å². The first kappa shape index (κ1) is 14.7. The zero-order valence-electron chi connectivity index (χ0n) is 11.8. The molecule has 1 aromatic carbocycles. The molecule has 1 N–H and O–H groups in total. The first-order chi connectivity index (χ1) is 9.69. The molecule has 4 heteroatoms. The zero-order valence-corrected chi connectivity index (χ0v) is 12.5. The molecular formula is C16H19ClN2O. The number of hydrogen-bond acceptors (Lipinski definition) is 3. The fraction of sp³-hybridized carbons (Fsp3) is 0.312. The maximum Gasteiger partial charge on any atom is 0.129 e. The Morgan fingerprint density at radius 2 is 1.95 bits per heavy atom. The highest BCUT2D eigenvalue weighted by molar-refractivity contribution is 6.29. The van der Waals surface area contributed by atoms with E-state index in [1.807, 2.05) is 18.2 Å². The van der Waals surface area contributed by atoms with Gasteiger partial charge in [-0.2, -0.15) is 0 Å². The Kier molecular flexibility index (Phi) is 5.24. The molecule has 0 saturated carbocycles. The van der Waals surface area contributed by atoms with Crippen molar-refractivity contribution in [3.8, 4) is 5.75 Å². The Balaban J connectivity index is 1.98. The van der Waals surface area contributed by atoms with Gasteiger partial charge in [0.1, 0.15) is 10.9 Å². The molecule has 3 nitrogen and oxygen atoms in total. The minimum absolute atomic E-state index is 0.193. The zero-order chi connectivity index (χ0) is 14.4. The highest BCUT2D eigenvalue weighted by Gasteiger charge is 2.06. The molecule has 0 spiro atoms. The Bertz CT molecular complexity index is 525. The molecule has 1 aromatic heterocycles. The molecule has 1 atom stereocenters. The van der Waals surface area contributed by atoms with E-state index >= 15 is 0 Å². The fourth-order valence-electron chi connectivity index (χ4n) is 1.87. The van der Waals surface area contributed by atoms with E-state index in [1.54, 1.807) is 12.3 Å². The van der Waals surface area contributed by atoms with E-state index in [2.05, 4.69) is 36.3 Å². The van der Waals surface area contributed by atoms with Crippen molar-refractivity contribution in [3.63, 3.8) is 0 Å². The van der Waals surface area contributed by atoms with Crippen LogP contribution in [0.2, 0.25) is 5.15 Å². The predicted octanol–water partition coefficient (Wildman–Crippen LogP) is 4.70. The van der Waals surface area contributed by atoms with Gasteiger partial charge >= 0.3 is 0 Å². The summed E-state index contributed by atoms with van der Waals surface area (Å²) in [5.41, 5.74) is 2.15. The SMILES string of the molecule is CCCOc1ccc(C(C)Nc2ccc(Cl)nc2)cc1. The lowest BCUT2D eigenvalue weighted by molar-refractivity contribution is 0.317. The summed E-state index contributed by atoms with van der Waals surface area (Å²) in [5.74, 6) is 0.913. The van der Waals surface area contributed by atoms with Gasteiger partial charge in [0.15, 0.2) is 0 Å². The van der Waals surface area contributed by atoms with Gasteiger partial charge in [-0.05, 0) is 43.2 Å². The molecule has 0 bridgehead atoms. The number of anilines is 1. The Labute approximate surface area is 124 Å². The van der Waals surface area contributed by atoms with E-state index in [1.165, 1.54) is 5.56 Å². The van der Waals surface area contributed by atoms with E-state index < -0.39 is 0 Å². The Hall–Kier alpha value is -1.74. The second-order valence-corrected chi connectivity index (χ2v) is 5.04. The molecule has 2 rings (SSSR count). The highest BCUT2D eigenvalue weighted by Crippen LogP contribution is 2.22. The van der Waals surface area contributed by atoms with Crippen molar-refractivity contribution in [1.82, 2.24) is 4.98 Å². The number of benzene rings is 1. The number of halogens is 1. The normalized spacial score (nSPS) is 11.9. The summed E-state index contributed by atoms with van der Waals surface area (Å²) in [4.78, 5) is 4.06. The van der Waals surface area contributed by atoms with Crippen LogP contribution in [0.5, 0.6) is 5.75 Å². The maximum absolute atomic E-state index is 5.77. The van der Waals surface area contributed by atoms with Gasteiger partial charge in [-0.1, -0.05) is 30.7 Å². The van der Waals surface area contributed by atoms with E-state index in [0.29, 0.717) is 5.15 Å². The van der Waals surface area contributed by atoms with Gasteiger partial charge < -0.3 is 10.1 Å². The molecule has 0 fully saturated rings. The lowest BCUT2D eigenvalue weighted by Gasteiger charge is -2.16. The Morgan fingerprint density at radius 1 is 1.20 bits per heavy atom. The van der Waals surface area contributed by atoms with Gasteiger partial charge in [-0.15, -0.1) is 0 Å². The minimum Gasteiger partial charge on any atom is -0.494 e. The minimum atomic E-state index is 0.193. The fourth-order valence-corrected chi connectivity index (χ4v) is 1.98. The van der Waals surface area contributed by atoms with Crippen LogP contribution < -0.4 is 10.1 Å². The van der Waals surface area contributed by atoms with Gasteiger partial charge in [0, 0.05) is 6.04 Å². The van der Waals surface area contributed by atoms with Crippen LogP contribution in [0.1, 0.15) is 31.9 Å². The molecule has 0 aliphatic carbocycles. The lowest BCUT2D eigenvalue weighted by atomic mass is 10.1. The lowest BCUT2D eigenvalue weighted by Crippen LogP contribution is -2.06. The highest BCUT2D eigenvalue weighted by atomic mass is 35.5. The summed E-state index contributed by atoms with van der Waals surface area (Å²) in [7, 11) is 0. The van der Waals surface area contributed by atoms with Gasteiger partial charge in [-0.3, -0.25) is 0 Å².